The van der Waals surface area contributed by atoms with E-state index in [-0.39, 0.29) is 0 Å². The maximum Gasteiger partial charge on any atom is 0.0536 e. The second kappa shape index (κ2) is 4.01. The van der Waals surface area contributed by atoms with Gasteiger partial charge in [0.1, 0.15) is 0 Å². The number of hydrogen-bond acceptors (Lipinski definition) is 3. The summed E-state index contributed by atoms with van der Waals surface area (Å²) < 4.78 is 0. The molecule has 3 nitrogen and oxygen atoms in total. The first-order valence-corrected chi connectivity index (χ1v) is 5.42. The van der Waals surface area contributed by atoms with E-state index in [1.54, 1.807) is 12.4 Å². The summed E-state index contributed by atoms with van der Waals surface area (Å²) in [6.45, 7) is 2.21. The Morgan fingerprint density at radius 1 is 1.47 bits per heavy atom. The lowest BCUT2D eigenvalue weighted by atomic mass is 9.77. The van der Waals surface area contributed by atoms with Gasteiger partial charge < -0.3 is 11.1 Å². The molecule has 2 rings (SSSR count). The number of nitrogens with zero attached hydrogens (tertiary/aromatic N) is 1. The van der Waals surface area contributed by atoms with Gasteiger partial charge in [-0.15, -0.1) is 0 Å². The van der Waals surface area contributed by atoms with Crippen LogP contribution in [0.1, 0.15) is 37.7 Å². The molecule has 0 spiro atoms. The Morgan fingerprint density at radius 3 is 2.93 bits per heavy atom. The van der Waals surface area contributed by atoms with Crippen LogP contribution < -0.4 is 5.73 Å². The van der Waals surface area contributed by atoms with E-state index in [0.29, 0.717) is 11.8 Å². The van der Waals surface area contributed by atoms with Gasteiger partial charge in [-0.2, -0.15) is 0 Å². The molecule has 1 aromatic rings. The van der Waals surface area contributed by atoms with E-state index in [4.69, 9.17) is 11.1 Å². The lowest BCUT2D eigenvalue weighted by molar-refractivity contribution is 0.450. The summed E-state index contributed by atoms with van der Waals surface area (Å²) in [4.78, 5) is 4.00. The van der Waals surface area contributed by atoms with Crippen LogP contribution in [0.25, 0.3) is 0 Å². The summed E-state index contributed by atoms with van der Waals surface area (Å²) >= 11 is 0. The van der Waals surface area contributed by atoms with Crippen molar-refractivity contribution in [2.24, 2.45) is 5.92 Å². The minimum Gasteiger partial charge on any atom is -0.397 e. The molecule has 1 fully saturated rings. The van der Waals surface area contributed by atoms with E-state index in [1.165, 1.54) is 5.56 Å². The molecule has 3 heteroatoms. The fraction of sp³-hybridized carbons (Fsp3) is 0.500. The average molecular weight is 203 g/mol. The summed E-state index contributed by atoms with van der Waals surface area (Å²) in [6, 6.07) is 1.99. The fourth-order valence-electron chi connectivity index (χ4n) is 2.48. The SMILES string of the molecule is C[C@@H]1CC(=N)C[C@H](c2ccncc2N)C1. The Balaban J connectivity index is 2.23. The van der Waals surface area contributed by atoms with Gasteiger partial charge in [0.25, 0.3) is 0 Å². The number of hydrogen-bond donors (Lipinski definition) is 2. The minimum absolute atomic E-state index is 0.421. The van der Waals surface area contributed by atoms with E-state index in [1.807, 2.05) is 6.07 Å². The van der Waals surface area contributed by atoms with E-state index >= 15 is 0 Å². The maximum absolute atomic E-state index is 7.81. The van der Waals surface area contributed by atoms with Crippen molar-refractivity contribution < 1.29 is 0 Å². The van der Waals surface area contributed by atoms with Gasteiger partial charge in [-0.05, 0) is 42.7 Å². The highest BCUT2D eigenvalue weighted by Gasteiger charge is 2.24. The Hall–Kier alpha value is -1.38. The van der Waals surface area contributed by atoms with Crippen LogP contribution in [0.3, 0.4) is 0 Å². The molecule has 0 radical (unpaired) electrons. The number of pyridine rings is 1. The summed E-state index contributed by atoms with van der Waals surface area (Å²) in [5.41, 5.74) is 8.70. The van der Waals surface area contributed by atoms with Gasteiger partial charge in [0.15, 0.2) is 0 Å². The number of anilines is 1. The van der Waals surface area contributed by atoms with Crippen molar-refractivity contribution in [3.05, 3.63) is 24.0 Å². The zero-order valence-corrected chi connectivity index (χ0v) is 9.03. The zero-order valence-electron chi connectivity index (χ0n) is 9.03. The van der Waals surface area contributed by atoms with Gasteiger partial charge in [-0.25, -0.2) is 0 Å². The topological polar surface area (TPSA) is 62.8 Å². The summed E-state index contributed by atoms with van der Waals surface area (Å²) in [7, 11) is 0. The lowest BCUT2D eigenvalue weighted by Gasteiger charge is -2.28. The predicted molar refractivity (Wildman–Crippen MR) is 62.1 cm³/mol. The molecule has 0 unspecified atom stereocenters. The van der Waals surface area contributed by atoms with Gasteiger partial charge >= 0.3 is 0 Å². The Labute approximate surface area is 90.2 Å². The average Bonchev–Trinajstić information content (AvgIpc) is 2.16. The monoisotopic (exact) mass is 203 g/mol. The van der Waals surface area contributed by atoms with E-state index in [2.05, 4.69) is 11.9 Å². The van der Waals surface area contributed by atoms with Crippen molar-refractivity contribution in [2.75, 3.05) is 5.73 Å². The molecule has 1 aliphatic carbocycles. The first kappa shape index (κ1) is 10.1. The highest BCUT2D eigenvalue weighted by molar-refractivity contribution is 5.83. The van der Waals surface area contributed by atoms with Crippen LogP contribution in [0.15, 0.2) is 18.5 Å². The molecular weight excluding hydrogens is 186 g/mol. The fourth-order valence-corrected chi connectivity index (χ4v) is 2.48. The molecule has 0 saturated heterocycles. The van der Waals surface area contributed by atoms with E-state index in [9.17, 15) is 0 Å². The molecule has 1 aliphatic rings. The number of nitrogen functional groups attached to an aromatic ring is 1. The quantitative estimate of drug-likeness (QED) is 0.736. The Bertz CT molecular complexity index is 373. The van der Waals surface area contributed by atoms with Gasteiger partial charge in [-0.3, -0.25) is 4.98 Å². The minimum atomic E-state index is 0.421. The third-order valence-corrected chi connectivity index (χ3v) is 3.10. The molecule has 1 aromatic heterocycles. The third-order valence-electron chi connectivity index (χ3n) is 3.10. The van der Waals surface area contributed by atoms with Crippen LogP contribution in [0.5, 0.6) is 0 Å². The first-order valence-electron chi connectivity index (χ1n) is 5.42. The molecular formula is C12H17N3. The van der Waals surface area contributed by atoms with Crippen LogP contribution in [-0.4, -0.2) is 10.7 Å². The van der Waals surface area contributed by atoms with Gasteiger partial charge in [0.2, 0.25) is 0 Å². The van der Waals surface area contributed by atoms with Crippen LogP contribution in [0.2, 0.25) is 0 Å². The van der Waals surface area contributed by atoms with Crippen molar-refractivity contribution in [1.82, 2.24) is 4.98 Å². The van der Waals surface area contributed by atoms with Crippen molar-refractivity contribution in [1.29, 1.82) is 5.41 Å². The van der Waals surface area contributed by atoms with Gasteiger partial charge in [0, 0.05) is 11.9 Å². The van der Waals surface area contributed by atoms with E-state index < -0.39 is 0 Å². The Morgan fingerprint density at radius 2 is 2.27 bits per heavy atom. The molecule has 0 bridgehead atoms. The molecule has 0 aliphatic heterocycles. The molecule has 1 heterocycles. The molecule has 15 heavy (non-hydrogen) atoms. The number of nitrogens with one attached hydrogen (secondary N) is 1. The van der Waals surface area contributed by atoms with Crippen molar-refractivity contribution in [3.8, 4) is 0 Å². The van der Waals surface area contributed by atoms with E-state index in [0.717, 1.165) is 30.7 Å². The Kier molecular flexibility index (Phi) is 2.71. The highest BCUT2D eigenvalue weighted by Crippen LogP contribution is 2.36. The van der Waals surface area contributed by atoms with Crippen molar-refractivity contribution >= 4 is 11.4 Å². The van der Waals surface area contributed by atoms with Crippen LogP contribution in [0.4, 0.5) is 5.69 Å². The molecule has 3 N–H and O–H groups in total. The summed E-state index contributed by atoms with van der Waals surface area (Å²) in [6.07, 6.45) is 6.43. The van der Waals surface area contributed by atoms with Crippen LogP contribution >= 0.6 is 0 Å². The molecule has 1 saturated carbocycles. The van der Waals surface area contributed by atoms with Crippen molar-refractivity contribution in [3.63, 3.8) is 0 Å². The normalized spacial score (nSPS) is 26.6. The number of aromatic nitrogens is 1. The summed E-state index contributed by atoms with van der Waals surface area (Å²) in [5, 5.41) is 7.81. The molecule has 0 amide bonds. The molecule has 80 valence electrons. The standard InChI is InChI=1S/C12H17N3/c1-8-4-9(6-10(13)5-8)11-2-3-15-7-12(11)14/h2-3,7-9,13H,4-6,14H2,1H3/t8-,9+/m0/s1. The van der Waals surface area contributed by atoms with Gasteiger partial charge in [-0.1, -0.05) is 6.92 Å². The van der Waals surface area contributed by atoms with Gasteiger partial charge in [0.05, 0.1) is 11.9 Å². The zero-order chi connectivity index (χ0) is 10.8. The number of nitrogens with two attached hydrogens (primary N) is 1. The summed E-state index contributed by atoms with van der Waals surface area (Å²) in [5.74, 6) is 1.02. The second-order valence-electron chi connectivity index (χ2n) is 4.55. The van der Waals surface area contributed by atoms with Crippen LogP contribution in [0, 0.1) is 11.3 Å². The largest absolute Gasteiger partial charge is 0.397 e. The number of rotatable bonds is 1. The maximum atomic E-state index is 7.81. The highest BCUT2D eigenvalue weighted by atomic mass is 14.7. The van der Waals surface area contributed by atoms with Crippen molar-refractivity contribution in [2.45, 2.75) is 32.1 Å². The molecule has 2 atom stereocenters. The predicted octanol–water partition coefficient (Wildman–Crippen LogP) is 2.59. The van der Waals surface area contributed by atoms with Crippen LogP contribution in [-0.2, 0) is 0 Å². The first-order chi connectivity index (χ1) is 7.16. The smallest absolute Gasteiger partial charge is 0.0536 e. The molecule has 0 aromatic carbocycles. The lowest BCUT2D eigenvalue weighted by Crippen LogP contribution is -2.20. The third kappa shape index (κ3) is 2.17. The second-order valence-corrected chi connectivity index (χ2v) is 4.55.